The summed E-state index contributed by atoms with van der Waals surface area (Å²) in [6.07, 6.45) is -3.06. The maximum atomic E-state index is 12.3. The summed E-state index contributed by atoms with van der Waals surface area (Å²) in [6, 6.07) is 2.13. The lowest BCUT2D eigenvalue weighted by atomic mass is 10.1. The van der Waals surface area contributed by atoms with Gasteiger partial charge in [-0.15, -0.1) is 0 Å². The first-order valence-electron chi connectivity index (χ1n) is 5.45. The Morgan fingerprint density at radius 3 is 2.61 bits per heavy atom. The molecule has 0 radical (unpaired) electrons. The van der Waals surface area contributed by atoms with Gasteiger partial charge in [-0.25, -0.2) is 4.98 Å². The van der Waals surface area contributed by atoms with E-state index >= 15 is 0 Å². The van der Waals surface area contributed by atoms with Crippen LogP contribution in [0.15, 0.2) is 18.3 Å². The molecule has 1 unspecified atom stereocenters. The number of aromatic nitrogens is 1. The molecule has 0 bridgehead atoms. The number of nitrogens with zero attached hydrogens (tertiary/aromatic N) is 2. The Kier molecular flexibility index (Phi) is 3.25. The summed E-state index contributed by atoms with van der Waals surface area (Å²) in [7, 11) is 0. The van der Waals surface area contributed by atoms with Crippen molar-refractivity contribution >= 4 is 11.6 Å². The smallest absolute Gasteiger partial charge is 0.330 e. The fourth-order valence-corrected chi connectivity index (χ4v) is 1.90. The molecule has 1 aliphatic rings. The fourth-order valence-electron chi connectivity index (χ4n) is 1.90. The van der Waals surface area contributed by atoms with Crippen LogP contribution in [0.5, 0.6) is 0 Å². The SMILES string of the molecule is NCC1CC(=O)N(c2ccc(C(F)(F)F)nc2)C1. The minimum atomic E-state index is -4.46. The summed E-state index contributed by atoms with van der Waals surface area (Å²) >= 11 is 0. The lowest BCUT2D eigenvalue weighted by Crippen LogP contribution is -2.26. The molecule has 7 heteroatoms. The lowest BCUT2D eigenvalue weighted by Gasteiger charge is -2.16. The predicted octanol–water partition coefficient (Wildman–Crippen LogP) is 1.41. The van der Waals surface area contributed by atoms with Gasteiger partial charge in [-0.05, 0) is 24.6 Å². The van der Waals surface area contributed by atoms with Crippen LogP contribution in [-0.4, -0.2) is 24.0 Å². The van der Waals surface area contributed by atoms with Gasteiger partial charge >= 0.3 is 6.18 Å². The summed E-state index contributed by atoms with van der Waals surface area (Å²) in [5.74, 6) is -0.0770. The van der Waals surface area contributed by atoms with Gasteiger partial charge in [0.25, 0.3) is 0 Å². The number of halogens is 3. The van der Waals surface area contributed by atoms with Crippen LogP contribution >= 0.6 is 0 Å². The molecule has 1 atom stereocenters. The second kappa shape index (κ2) is 4.56. The zero-order chi connectivity index (χ0) is 13.3. The molecule has 1 amide bonds. The zero-order valence-corrected chi connectivity index (χ0v) is 9.44. The van der Waals surface area contributed by atoms with Crippen LogP contribution in [0, 0.1) is 5.92 Å². The molecule has 0 aromatic carbocycles. The Morgan fingerprint density at radius 2 is 2.17 bits per heavy atom. The van der Waals surface area contributed by atoms with Gasteiger partial charge < -0.3 is 10.6 Å². The van der Waals surface area contributed by atoms with Crippen molar-refractivity contribution < 1.29 is 18.0 Å². The lowest BCUT2D eigenvalue weighted by molar-refractivity contribution is -0.141. The highest BCUT2D eigenvalue weighted by atomic mass is 19.4. The standard InChI is InChI=1S/C11H12F3N3O/c12-11(13,14)9-2-1-8(5-16-9)17-6-7(4-15)3-10(17)18/h1-2,5,7H,3-4,6,15H2. The molecule has 98 valence electrons. The minimum absolute atomic E-state index is 0.0554. The van der Waals surface area contributed by atoms with Gasteiger partial charge in [-0.2, -0.15) is 13.2 Å². The molecule has 0 spiro atoms. The number of pyridine rings is 1. The molecular formula is C11H12F3N3O. The molecule has 1 fully saturated rings. The van der Waals surface area contributed by atoms with Crippen molar-refractivity contribution in [2.45, 2.75) is 12.6 Å². The van der Waals surface area contributed by atoms with Crippen LogP contribution in [0.2, 0.25) is 0 Å². The summed E-state index contributed by atoms with van der Waals surface area (Å²) in [6.45, 7) is 0.818. The summed E-state index contributed by atoms with van der Waals surface area (Å²) < 4.78 is 37.0. The van der Waals surface area contributed by atoms with E-state index in [2.05, 4.69) is 4.98 Å². The maximum absolute atomic E-state index is 12.3. The number of rotatable bonds is 2. The highest BCUT2D eigenvalue weighted by molar-refractivity contribution is 5.95. The quantitative estimate of drug-likeness (QED) is 0.873. The minimum Gasteiger partial charge on any atom is -0.330 e. The van der Waals surface area contributed by atoms with Crippen LogP contribution in [0.3, 0.4) is 0 Å². The van der Waals surface area contributed by atoms with Gasteiger partial charge in [-0.1, -0.05) is 0 Å². The predicted molar refractivity (Wildman–Crippen MR) is 58.8 cm³/mol. The largest absolute Gasteiger partial charge is 0.433 e. The van der Waals surface area contributed by atoms with Crippen LogP contribution in [-0.2, 0) is 11.0 Å². The number of carbonyl (C=O) groups excluding carboxylic acids is 1. The van der Waals surface area contributed by atoms with E-state index in [1.165, 1.54) is 11.0 Å². The average molecular weight is 259 g/mol. The second-order valence-corrected chi connectivity index (χ2v) is 4.21. The van der Waals surface area contributed by atoms with Crippen LogP contribution in [0.4, 0.5) is 18.9 Å². The Morgan fingerprint density at radius 1 is 1.44 bits per heavy atom. The van der Waals surface area contributed by atoms with Gasteiger partial charge in [0, 0.05) is 13.0 Å². The van der Waals surface area contributed by atoms with E-state index in [4.69, 9.17) is 5.73 Å². The third-order valence-corrected chi connectivity index (χ3v) is 2.89. The van der Waals surface area contributed by atoms with Gasteiger partial charge in [0.1, 0.15) is 5.69 Å². The molecular weight excluding hydrogens is 247 g/mol. The first-order valence-corrected chi connectivity index (χ1v) is 5.45. The van der Waals surface area contributed by atoms with Crippen molar-refractivity contribution in [2.24, 2.45) is 11.7 Å². The van der Waals surface area contributed by atoms with Crippen molar-refractivity contribution in [1.82, 2.24) is 4.98 Å². The number of anilines is 1. The molecule has 0 saturated carbocycles. The molecule has 2 heterocycles. The van der Waals surface area contributed by atoms with Gasteiger partial charge in [0.05, 0.1) is 11.9 Å². The first-order chi connectivity index (χ1) is 8.41. The van der Waals surface area contributed by atoms with Crippen molar-refractivity contribution in [3.63, 3.8) is 0 Å². The van der Waals surface area contributed by atoms with E-state index < -0.39 is 11.9 Å². The number of alkyl halides is 3. The Balaban J connectivity index is 2.18. The Hall–Kier alpha value is -1.63. The fraction of sp³-hybridized carbons (Fsp3) is 0.455. The van der Waals surface area contributed by atoms with Crippen LogP contribution in [0.25, 0.3) is 0 Å². The number of hydrogen-bond acceptors (Lipinski definition) is 3. The number of carbonyl (C=O) groups is 1. The first kappa shape index (κ1) is 12.8. The Bertz CT molecular complexity index is 444. The van der Waals surface area contributed by atoms with E-state index in [1.54, 1.807) is 0 Å². The van der Waals surface area contributed by atoms with Crippen molar-refractivity contribution in [3.8, 4) is 0 Å². The highest BCUT2D eigenvalue weighted by Crippen LogP contribution is 2.30. The summed E-state index contributed by atoms with van der Waals surface area (Å²) in [4.78, 5) is 16.4. The molecule has 1 saturated heterocycles. The van der Waals surface area contributed by atoms with E-state index in [0.29, 0.717) is 25.2 Å². The van der Waals surface area contributed by atoms with E-state index in [1.807, 2.05) is 0 Å². The summed E-state index contributed by atoms with van der Waals surface area (Å²) in [5.41, 5.74) is 4.89. The van der Waals surface area contributed by atoms with Gasteiger partial charge in [-0.3, -0.25) is 4.79 Å². The van der Waals surface area contributed by atoms with Crippen LogP contribution < -0.4 is 10.6 Å². The number of nitrogens with two attached hydrogens (primary N) is 1. The highest BCUT2D eigenvalue weighted by Gasteiger charge is 2.33. The van der Waals surface area contributed by atoms with Crippen LogP contribution in [0.1, 0.15) is 12.1 Å². The van der Waals surface area contributed by atoms with E-state index in [0.717, 1.165) is 12.3 Å². The second-order valence-electron chi connectivity index (χ2n) is 4.21. The molecule has 18 heavy (non-hydrogen) atoms. The Labute approximate surface area is 102 Å². The molecule has 0 aliphatic carbocycles. The maximum Gasteiger partial charge on any atom is 0.433 e. The topological polar surface area (TPSA) is 59.2 Å². The van der Waals surface area contributed by atoms with Crippen molar-refractivity contribution in [2.75, 3.05) is 18.0 Å². The number of hydrogen-bond donors (Lipinski definition) is 1. The molecule has 4 nitrogen and oxygen atoms in total. The summed E-state index contributed by atoms with van der Waals surface area (Å²) in [5, 5.41) is 0. The van der Waals surface area contributed by atoms with Gasteiger partial charge in [0.15, 0.2) is 0 Å². The molecule has 1 aliphatic heterocycles. The molecule has 1 aromatic heterocycles. The van der Waals surface area contributed by atoms with E-state index in [9.17, 15) is 18.0 Å². The molecule has 2 N–H and O–H groups in total. The average Bonchev–Trinajstić information content (AvgIpc) is 2.70. The van der Waals surface area contributed by atoms with Crippen molar-refractivity contribution in [1.29, 1.82) is 0 Å². The monoisotopic (exact) mass is 259 g/mol. The normalized spacial score (nSPS) is 20.6. The third kappa shape index (κ3) is 2.45. The van der Waals surface area contributed by atoms with Gasteiger partial charge in [0.2, 0.25) is 5.91 Å². The molecule has 2 rings (SSSR count). The van der Waals surface area contributed by atoms with Crippen molar-refractivity contribution in [3.05, 3.63) is 24.0 Å². The number of amides is 1. The van der Waals surface area contributed by atoms with E-state index in [-0.39, 0.29) is 11.8 Å². The third-order valence-electron chi connectivity index (χ3n) is 2.89. The molecule has 1 aromatic rings. The zero-order valence-electron chi connectivity index (χ0n) is 9.44.